The minimum Gasteiger partial charge on any atom is -0.475 e. The maximum atomic E-state index is 12.4. The standard InChI is InChI=1S/C16H23N3O2S.C2HF3O2/c1-2-19-10-7-17-15(21)16(19)5-8-18(9-6-16)14(20)12-13-4-3-11-22-13;3-2(4,5)1(6)7/h3-4,11H,2,5-10,12H2,1H3,(H,17,21);(H,6,7). The number of hydrogen-bond acceptors (Lipinski definition) is 5. The van der Waals surface area contributed by atoms with Gasteiger partial charge in [-0.1, -0.05) is 13.0 Å². The first kappa shape index (κ1) is 23.1. The van der Waals surface area contributed by atoms with Gasteiger partial charge in [0.25, 0.3) is 0 Å². The fourth-order valence-corrected chi connectivity index (χ4v) is 4.33. The molecule has 29 heavy (non-hydrogen) atoms. The van der Waals surface area contributed by atoms with E-state index >= 15 is 0 Å². The highest BCUT2D eigenvalue weighted by Gasteiger charge is 2.47. The van der Waals surface area contributed by atoms with Gasteiger partial charge in [0.1, 0.15) is 5.54 Å². The van der Waals surface area contributed by atoms with E-state index in [0.717, 1.165) is 37.4 Å². The number of carbonyl (C=O) groups is 3. The minimum absolute atomic E-state index is 0.144. The molecule has 0 bridgehead atoms. The van der Waals surface area contributed by atoms with Crippen LogP contribution < -0.4 is 5.32 Å². The fourth-order valence-electron chi connectivity index (χ4n) is 3.63. The van der Waals surface area contributed by atoms with Crippen LogP contribution in [0.25, 0.3) is 0 Å². The van der Waals surface area contributed by atoms with Crippen molar-refractivity contribution in [1.82, 2.24) is 15.1 Å². The van der Waals surface area contributed by atoms with E-state index in [2.05, 4.69) is 17.1 Å². The van der Waals surface area contributed by atoms with E-state index in [-0.39, 0.29) is 11.8 Å². The molecule has 2 aliphatic rings. The summed E-state index contributed by atoms with van der Waals surface area (Å²) < 4.78 is 31.7. The van der Waals surface area contributed by atoms with Crippen molar-refractivity contribution >= 4 is 29.1 Å². The van der Waals surface area contributed by atoms with Crippen LogP contribution in [0.3, 0.4) is 0 Å². The van der Waals surface area contributed by atoms with E-state index < -0.39 is 17.7 Å². The molecule has 2 amide bonds. The Morgan fingerprint density at radius 3 is 2.38 bits per heavy atom. The van der Waals surface area contributed by atoms with Gasteiger partial charge in [-0.05, 0) is 30.8 Å². The predicted molar refractivity (Wildman–Crippen MR) is 101 cm³/mol. The first-order valence-electron chi connectivity index (χ1n) is 9.24. The van der Waals surface area contributed by atoms with Crippen LogP contribution in [0.15, 0.2) is 17.5 Å². The normalized spacial score (nSPS) is 19.3. The van der Waals surface area contributed by atoms with Crippen LogP contribution in [-0.2, 0) is 20.8 Å². The lowest BCUT2D eigenvalue weighted by atomic mass is 9.83. The highest BCUT2D eigenvalue weighted by molar-refractivity contribution is 7.10. The molecule has 2 N–H and O–H groups in total. The zero-order chi connectivity index (χ0) is 21.7. The molecule has 1 aromatic rings. The first-order valence-corrected chi connectivity index (χ1v) is 10.1. The number of likely N-dealkylation sites (N-methyl/N-ethyl adjacent to an activating group) is 1. The zero-order valence-corrected chi connectivity index (χ0v) is 16.8. The zero-order valence-electron chi connectivity index (χ0n) is 16.0. The molecule has 0 atom stereocenters. The van der Waals surface area contributed by atoms with Gasteiger partial charge in [-0.15, -0.1) is 11.3 Å². The number of rotatable bonds is 3. The summed E-state index contributed by atoms with van der Waals surface area (Å²) >= 11 is 1.62. The number of piperidine rings is 1. The molecule has 0 aliphatic carbocycles. The lowest BCUT2D eigenvalue weighted by molar-refractivity contribution is -0.192. The van der Waals surface area contributed by atoms with E-state index in [1.54, 1.807) is 11.3 Å². The second-order valence-electron chi connectivity index (χ2n) is 6.81. The monoisotopic (exact) mass is 435 g/mol. The SMILES string of the molecule is CCN1CCNC(=O)C12CCN(C(=O)Cc1cccs1)CC2.O=C(O)C(F)(F)F. The van der Waals surface area contributed by atoms with Gasteiger partial charge in [0.05, 0.1) is 6.42 Å². The number of piperazine rings is 1. The Morgan fingerprint density at radius 2 is 1.90 bits per heavy atom. The number of carbonyl (C=O) groups excluding carboxylic acids is 2. The Kier molecular flexibility index (Phi) is 7.64. The molecular formula is C18H24F3N3O4S. The van der Waals surface area contributed by atoms with Gasteiger partial charge in [-0.3, -0.25) is 14.5 Å². The summed E-state index contributed by atoms with van der Waals surface area (Å²) in [5.74, 6) is -2.44. The number of amides is 2. The van der Waals surface area contributed by atoms with Crippen LogP contribution in [-0.4, -0.2) is 77.1 Å². The van der Waals surface area contributed by atoms with Crippen LogP contribution >= 0.6 is 11.3 Å². The van der Waals surface area contributed by atoms with Gasteiger partial charge < -0.3 is 15.3 Å². The maximum absolute atomic E-state index is 12.4. The van der Waals surface area contributed by atoms with Crippen molar-refractivity contribution in [3.8, 4) is 0 Å². The third-order valence-corrected chi connectivity index (χ3v) is 6.04. The van der Waals surface area contributed by atoms with Crippen LogP contribution in [0, 0.1) is 0 Å². The Balaban J connectivity index is 0.000000370. The molecule has 11 heteroatoms. The number of hydrogen-bond donors (Lipinski definition) is 2. The Morgan fingerprint density at radius 1 is 1.28 bits per heavy atom. The summed E-state index contributed by atoms with van der Waals surface area (Å²) in [6, 6.07) is 3.98. The number of nitrogens with zero attached hydrogens (tertiary/aromatic N) is 2. The largest absolute Gasteiger partial charge is 0.490 e. The lowest BCUT2D eigenvalue weighted by Gasteiger charge is -2.49. The van der Waals surface area contributed by atoms with Gasteiger partial charge in [0, 0.05) is 31.1 Å². The molecule has 2 fully saturated rings. The molecule has 3 rings (SSSR count). The first-order chi connectivity index (χ1) is 13.6. The van der Waals surface area contributed by atoms with Crippen molar-refractivity contribution < 1.29 is 32.7 Å². The highest BCUT2D eigenvalue weighted by atomic mass is 32.1. The molecule has 0 aromatic carbocycles. The molecule has 162 valence electrons. The van der Waals surface area contributed by atoms with Crippen LogP contribution in [0.5, 0.6) is 0 Å². The number of carboxylic acid groups (broad SMARTS) is 1. The number of likely N-dealkylation sites (tertiary alicyclic amines) is 1. The third-order valence-electron chi connectivity index (χ3n) is 5.17. The molecule has 1 spiro atoms. The summed E-state index contributed by atoms with van der Waals surface area (Å²) in [5, 5.41) is 12.1. The van der Waals surface area contributed by atoms with E-state index in [4.69, 9.17) is 9.90 Å². The van der Waals surface area contributed by atoms with Crippen molar-refractivity contribution in [3.05, 3.63) is 22.4 Å². The van der Waals surface area contributed by atoms with Crippen molar-refractivity contribution in [2.75, 3.05) is 32.7 Å². The average molecular weight is 435 g/mol. The number of aliphatic carboxylic acids is 1. The van der Waals surface area contributed by atoms with E-state index in [9.17, 15) is 22.8 Å². The lowest BCUT2D eigenvalue weighted by Crippen LogP contribution is -2.68. The maximum Gasteiger partial charge on any atom is 0.490 e. The predicted octanol–water partition coefficient (Wildman–Crippen LogP) is 1.74. The van der Waals surface area contributed by atoms with Crippen molar-refractivity contribution in [3.63, 3.8) is 0 Å². The minimum atomic E-state index is -5.08. The molecule has 0 unspecified atom stereocenters. The number of carboxylic acids is 1. The van der Waals surface area contributed by atoms with Crippen molar-refractivity contribution in [1.29, 1.82) is 0 Å². The summed E-state index contributed by atoms with van der Waals surface area (Å²) in [7, 11) is 0. The van der Waals surface area contributed by atoms with Crippen LogP contribution in [0.1, 0.15) is 24.6 Å². The Bertz CT molecular complexity index is 716. The van der Waals surface area contributed by atoms with Gasteiger partial charge in [0.15, 0.2) is 0 Å². The molecule has 3 heterocycles. The summed E-state index contributed by atoms with van der Waals surface area (Å²) in [4.78, 5) is 39.0. The number of thiophene rings is 1. The topological polar surface area (TPSA) is 90.0 Å². The second-order valence-corrected chi connectivity index (χ2v) is 7.84. The Labute approximate surface area is 170 Å². The fraction of sp³-hybridized carbons (Fsp3) is 0.611. The van der Waals surface area contributed by atoms with E-state index in [0.29, 0.717) is 19.5 Å². The molecule has 1 aromatic heterocycles. The quantitative estimate of drug-likeness (QED) is 0.755. The summed E-state index contributed by atoms with van der Waals surface area (Å²) in [6.45, 7) is 5.98. The molecule has 0 saturated carbocycles. The van der Waals surface area contributed by atoms with Crippen LogP contribution in [0.2, 0.25) is 0 Å². The molecular weight excluding hydrogens is 411 g/mol. The van der Waals surface area contributed by atoms with Gasteiger partial charge in [-0.2, -0.15) is 13.2 Å². The number of alkyl halides is 3. The molecule has 7 nitrogen and oxygen atoms in total. The van der Waals surface area contributed by atoms with Gasteiger partial charge in [-0.25, -0.2) is 4.79 Å². The number of nitrogens with one attached hydrogen (secondary N) is 1. The number of halogens is 3. The molecule has 2 aliphatic heterocycles. The molecule has 0 radical (unpaired) electrons. The molecule has 2 saturated heterocycles. The summed E-state index contributed by atoms with van der Waals surface area (Å²) in [5.41, 5.74) is -0.396. The summed E-state index contributed by atoms with van der Waals surface area (Å²) in [6.07, 6.45) is -3.12. The highest BCUT2D eigenvalue weighted by Crippen LogP contribution is 2.31. The Hall–Kier alpha value is -2.14. The second kappa shape index (κ2) is 9.57. The third kappa shape index (κ3) is 5.69. The van der Waals surface area contributed by atoms with Crippen molar-refractivity contribution in [2.24, 2.45) is 0 Å². The van der Waals surface area contributed by atoms with Gasteiger partial charge in [0.2, 0.25) is 11.8 Å². The van der Waals surface area contributed by atoms with Gasteiger partial charge >= 0.3 is 12.1 Å². The van der Waals surface area contributed by atoms with E-state index in [1.165, 1.54) is 0 Å². The van der Waals surface area contributed by atoms with Crippen molar-refractivity contribution in [2.45, 2.75) is 37.9 Å². The van der Waals surface area contributed by atoms with Crippen LogP contribution in [0.4, 0.5) is 13.2 Å². The average Bonchev–Trinajstić information content (AvgIpc) is 3.17. The smallest absolute Gasteiger partial charge is 0.475 e. The van der Waals surface area contributed by atoms with E-state index in [1.807, 2.05) is 22.4 Å².